The zero-order chi connectivity index (χ0) is 16.2. The van der Waals surface area contributed by atoms with Crippen LogP contribution in [0.5, 0.6) is 5.75 Å². The van der Waals surface area contributed by atoms with Crippen molar-refractivity contribution in [3.05, 3.63) is 58.6 Å². The minimum Gasteiger partial charge on any atom is -0.485 e. The summed E-state index contributed by atoms with van der Waals surface area (Å²) in [5.41, 5.74) is 2.62. The highest BCUT2D eigenvalue weighted by atomic mass is 16.6. The van der Waals surface area contributed by atoms with Crippen molar-refractivity contribution in [2.24, 2.45) is 4.99 Å². The molecule has 5 heteroatoms. The maximum atomic E-state index is 11.1. The van der Waals surface area contributed by atoms with Crippen molar-refractivity contribution in [1.82, 2.24) is 0 Å². The summed E-state index contributed by atoms with van der Waals surface area (Å²) in [6.45, 7) is 2.89. The lowest BCUT2D eigenvalue weighted by Gasteiger charge is -2.15. The van der Waals surface area contributed by atoms with Crippen LogP contribution in [0.3, 0.4) is 0 Å². The van der Waals surface area contributed by atoms with E-state index in [1.165, 1.54) is 6.07 Å². The number of ether oxygens (including phenoxy) is 1. The summed E-state index contributed by atoms with van der Waals surface area (Å²) < 4.78 is 5.90. The van der Waals surface area contributed by atoms with Gasteiger partial charge < -0.3 is 4.74 Å². The predicted molar refractivity (Wildman–Crippen MR) is 90.2 cm³/mol. The van der Waals surface area contributed by atoms with Crippen LogP contribution in [0.15, 0.2) is 53.5 Å². The van der Waals surface area contributed by atoms with Crippen LogP contribution in [0.2, 0.25) is 0 Å². The molecule has 0 spiro atoms. The lowest BCUT2D eigenvalue weighted by Crippen LogP contribution is -2.21. The number of nitrogens with zero attached hydrogens (tertiary/aromatic N) is 2. The summed E-state index contributed by atoms with van der Waals surface area (Å²) in [7, 11) is 0. The zero-order valence-corrected chi connectivity index (χ0v) is 12.9. The Morgan fingerprint density at radius 2 is 1.91 bits per heavy atom. The molecule has 2 aromatic rings. The van der Waals surface area contributed by atoms with Gasteiger partial charge in [0.05, 0.1) is 16.2 Å². The smallest absolute Gasteiger partial charge is 0.277 e. The van der Waals surface area contributed by atoms with Gasteiger partial charge in [0.1, 0.15) is 11.9 Å². The molecule has 5 nitrogen and oxygen atoms in total. The molecular weight excluding hydrogens is 292 g/mol. The molecule has 0 N–H and O–H groups in total. The van der Waals surface area contributed by atoms with E-state index in [1.54, 1.807) is 18.2 Å². The molecule has 0 amide bonds. The van der Waals surface area contributed by atoms with Gasteiger partial charge in [0.25, 0.3) is 5.69 Å². The largest absolute Gasteiger partial charge is 0.485 e. The van der Waals surface area contributed by atoms with Crippen molar-refractivity contribution in [3.8, 4) is 16.9 Å². The molecule has 118 valence electrons. The quantitative estimate of drug-likeness (QED) is 0.612. The third-order valence-corrected chi connectivity index (χ3v) is 3.95. The van der Waals surface area contributed by atoms with Gasteiger partial charge in [-0.15, -0.1) is 0 Å². The Morgan fingerprint density at radius 3 is 2.57 bits per heavy atom. The Balaban J connectivity index is 1.78. The highest BCUT2D eigenvalue weighted by Crippen LogP contribution is 2.30. The van der Waals surface area contributed by atoms with Gasteiger partial charge in [-0.25, -0.2) is 0 Å². The molecule has 0 radical (unpaired) electrons. The SMILES string of the molecule is C[C@@H](Oc1ccc(-c2ccccc2[N+](=O)[O-])cc1)C1=NCCC1. The summed E-state index contributed by atoms with van der Waals surface area (Å²) in [6, 6.07) is 14.1. The van der Waals surface area contributed by atoms with E-state index in [2.05, 4.69) is 4.99 Å². The normalized spacial score (nSPS) is 15.1. The van der Waals surface area contributed by atoms with Crippen molar-refractivity contribution in [2.75, 3.05) is 6.54 Å². The number of hydrogen-bond donors (Lipinski definition) is 0. The first-order valence-corrected chi connectivity index (χ1v) is 7.69. The van der Waals surface area contributed by atoms with E-state index < -0.39 is 0 Å². The summed E-state index contributed by atoms with van der Waals surface area (Å²) in [5.74, 6) is 0.745. The Labute approximate surface area is 134 Å². The van der Waals surface area contributed by atoms with Crippen LogP contribution < -0.4 is 4.74 Å². The number of rotatable bonds is 5. The fourth-order valence-corrected chi connectivity index (χ4v) is 2.76. The van der Waals surface area contributed by atoms with E-state index in [-0.39, 0.29) is 16.7 Å². The molecule has 1 aliphatic heterocycles. The number of nitro groups is 1. The van der Waals surface area contributed by atoms with Gasteiger partial charge in [0.15, 0.2) is 0 Å². The Kier molecular flexibility index (Phi) is 4.37. The third-order valence-electron chi connectivity index (χ3n) is 3.95. The molecule has 0 aromatic heterocycles. The van der Waals surface area contributed by atoms with E-state index in [0.29, 0.717) is 5.56 Å². The monoisotopic (exact) mass is 310 g/mol. The molecular formula is C18H18N2O3. The lowest BCUT2D eigenvalue weighted by atomic mass is 10.0. The van der Waals surface area contributed by atoms with Crippen molar-refractivity contribution < 1.29 is 9.66 Å². The Bertz CT molecular complexity index is 738. The second kappa shape index (κ2) is 6.60. The van der Waals surface area contributed by atoms with E-state index >= 15 is 0 Å². The van der Waals surface area contributed by atoms with Crippen LogP contribution in [-0.4, -0.2) is 23.3 Å². The first kappa shape index (κ1) is 15.2. The minimum atomic E-state index is -0.361. The first-order valence-electron chi connectivity index (χ1n) is 7.69. The van der Waals surface area contributed by atoms with Crippen molar-refractivity contribution in [3.63, 3.8) is 0 Å². The summed E-state index contributed by atoms with van der Waals surface area (Å²) >= 11 is 0. The van der Waals surface area contributed by atoms with Gasteiger partial charge >= 0.3 is 0 Å². The number of aliphatic imine (C=N–C) groups is 1. The number of nitro benzene ring substituents is 1. The number of benzene rings is 2. The highest BCUT2D eigenvalue weighted by Gasteiger charge is 2.17. The number of hydrogen-bond acceptors (Lipinski definition) is 4. The van der Waals surface area contributed by atoms with E-state index in [4.69, 9.17) is 4.74 Å². The molecule has 0 fully saturated rings. The Morgan fingerprint density at radius 1 is 1.17 bits per heavy atom. The van der Waals surface area contributed by atoms with Crippen LogP contribution in [0.1, 0.15) is 19.8 Å². The van der Waals surface area contributed by atoms with Gasteiger partial charge in [-0.1, -0.05) is 24.3 Å². The van der Waals surface area contributed by atoms with Gasteiger partial charge in [-0.2, -0.15) is 0 Å². The maximum Gasteiger partial charge on any atom is 0.277 e. The van der Waals surface area contributed by atoms with Crippen LogP contribution >= 0.6 is 0 Å². The summed E-state index contributed by atoms with van der Waals surface area (Å²) in [4.78, 5) is 15.2. The zero-order valence-electron chi connectivity index (χ0n) is 12.9. The molecule has 0 saturated heterocycles. The molecule has 0 unspecified atom stereocenters. The van der Waals surface area contributed by atoms with Crippen molar-refractivity contribution in [1.29, 1.82) is 0 Å². The van der Waals surface area contributed by atoms with Crippen LogP contribution in [0.4, 0.5) is 5.69 Å². The summed E-state index contributed by atoms with van der Waals surface area (Å²) in [6.07, 6.45) is 2.06. The Hall–Kier alpha value is -2.69. The molecule has 0 bridgehead atoms. The van der Waals surface area contributed by atoms with Gasteiger partial charge in [-0.3, -0.25) is 15.1 Å². The number of para-hydroxylation sites is 1. The predicted octanol–water partition coefficient (Wildman–Crippen LogP) is 4.26. The lowest BCUT2D eigenvalue weighted by molar-refractivity contribution is -0.384. The van der Waals surface area contributed by atoms with Crippen LogP contribution in [0.25, 0.3) is 11.1 Å². The van der Waals surface area contributed by atoms with Crippen LogP contribution in [0, 0.1) is 10.1 Å². The molecule has 0 saturated carbocycles. The van der Waals surface area contributed by atoms with E-state index in [9.17, 15) is 10.1 Å². The maximum absolute atomic E-state index is 11.1. The third kappa shape index (κ3) is 3.39. The molecule has 1 aliphatic rings. The van der Waals surface area contributed by atoms with Gasteiger partial charge in [0.2, 0.25) is 0 Å². The molecule has 1 heterocycles. The topological polar surface area (TPSA) is 64.7 Å². The van der Waals surface area contributed by atoms with E-state index in [0.717, 1.165) is 36.4 Å². The second-order valence-electron chi connectivity index (χ2n) is 5.54. The van der Waals surface area contributed by atoms with Crippen molar-refractivity contribution >= 4 is 11.4 Å². The average Bonchev–Trinajstić information content (AvgIpc) is 3.10. The van der Waals surface area contributed by atoms with Gasteiger partial charge in [0, 0.05) is 12.6 Å². The highest BCUT2D eigenvalue weighted by molar-refractivity contribution is 5.90. The van der Waals surface area contributed by atoms with E-state index in [1.807, 2.05) is 31.2 Å². The molecule has 23 heavy (non-hydrogen) atoms. The average molecular weight is 310 g/mol. The molecule has 3 rings (SSSR count). The molecule has 0 aliphatic carbocycles. The van der Waals surface area contributed by atoms with Gasteiger partial charge in [-0.05, 0) is 43.5 Å². The first-order chi connectivity index (χ1) is 11.1. The fourth-order valence-electron chi connectivity index (χ4n) is 2.76. The molecule has 1 atom stereocenters. The molecule has 2 aromatic carbocycles. The van der Waals surface area contributed by atoms with Crippen molar-refractivity contribution in [2.45, 2.75) is 25.9 Å². The second-order valence-corrected chi connectivity index (χ2v) is 5.54. The summed E-state index contributed by atoms with van der Waals surface area (Å²) in [5, 5.41) is 11.1. The standard InChI is InChI=1S/C18H18N2O3/c1-13(17-6-4-12-19-17)23-15-10-8-14(9-11-15)16-5-2-3-7-18(16)20(21)22/h2-3,5,7-11,13H,4,6,12H2,1H3/t13-/m1/s1. The minimum absolute atomic E-state index is 0.0330. The fraction of sp³-hybridized carbons (Fsp3) is 0.278. The van der Waals surface area contributed by atoms with Crippen LogP contribution in [-0.2, 0) is 0 Å².